The van der Waals surface area contributed by atoms with Crippen molar-refractivity contribution in [2.24, 2.45) is 0 Å². The Balaban J connectivity index is 3.33. The molecule has 0 aromatic carbocycles. The number of rotatable bonds is 10. The summed E-state index contributed by atoms with van der Waals surface area (Å²) in [5, 5.41) is 0. The van der Waals surface area contributed by atoms with Crippen molar-refractivity contribution in [1.82, 2.24) is 8.78 Å². The van der Waals surface area contributed by atoms with Gasteiger partial charge in [0.05, 0.1) is 0 Å². The van der Waals surface area contributed by atoms with Crippen LogP contribution < -0.4 is 0 Å². The third-order valence-electron chi connectivity index (χ3n) is 2.80. The van der Waals surface area contributed by atoms with Crippen LogP contribution in [-0.4, -0.2) is 71.7 Å². The lowest BCUT2D eigenvalue weighted by Gasteiger charge is -2.21. The van der Waals surface area contributed by atoms with Crippen LogP contribution in [0, 0.1) is 0 Å². The van der Waals surface area contributed by atoms with Crippen molar-refractivity contribution in [3.63, 3.8) is 0 Å². The van der Waals surface area contributed by atoms with Gasteiger partial charge in [-0.25, -0.2) is 0 Å². The van der Waals surface area contributed by atoms with Gasteiger partial charge in [0.25, 0.3) is 0 Å². The van der Waals surface area contributed by atoms with E-state index in [0.29, 0.717) is 0 Å². The Hall–Kier alpha value is 0.412. The summed E-state index contributed by atoms with van der Waals surface area (Å²) >= 11 is 1.18. The topological polar surface area (TPSA) is 15.7 Å². The third-order valence-corrected chi connectivity index (χ3v) is 3.69. The van der Waals surface area contributed by atoms with E-state index in [2.05, 4.69) is 22.6 Å². The van der Waals surface area contributed by atoms with E-state index in [1.165, 1.54) is 62.1 Å². The first-order chi connectivity index (χ1) is 7.24. The maximum Gasteiger partial charge on any atom is 0.321 e. The molecule has 0 fully saturated rings. The van der Waals surface area contributed by atoms with Gasteiger partial charge < -0.3 is 13.5 Å². The third kappa shape index (κ3) is 9.35. The lowest BCUT2D eigenvalue weighted by Crippen LogP contribution is -2.29. The molecule has 0 radical (unpaired) electrons. The average Bonchev–Trinajstić information content (AvgIpc) is 2.25. The predicted octanol–water partition coefficient (Wildman–Crippen LogP) is 0.605. The van der Waals surface area contributed by atoms with E-state index >= 15 is 0 Å². The molecule has 0 spiro atoms. The van der Waals surface area contributed by atoms with Gasteiger partial charge in [-0.15, -0.1) is 0 Å². The fraction of sp³-hybridized carbons (Fsp3) is 1.00. The number of nitrogens with zero attached hydrogens (tertiary/aromatic N) is 2. The number of methoxy groups -OCH3 is 1. The van der Waals surface area contributed by atoms with Crippen molar-refractivity contribution in [2.75, 3.05) is 46.4 Å². The molecule has 0 saturated carbocycles. The van der Waals surface area contributed by atoms with Gasteiger partial charge in [0.1, 0.15) is 0 Å². The molecule has 0 aliphatic rings. The smallest absolute Gasteiger partial charge is 0.321 e. The van der Waals surface area contributed by atoms with E-state index in [1.54, 1.807) is 7.11 Å². The zero-order valence-electron chi connectivity index (χ0n) is 11.0. The van der Waals surface area contributed by atoms with Gasteiger partial charge >= 0.3 is 16.5 Å². The highest BCUT2D eigenvalue weighted by Gasteiger charge is 2.00. The monoisotopic (exact) mass is 230 g/mol. The Morgan fingerprint density at radius 3 is 2.13 bits per heavy atom. The Bertz CT molecular complexity index is 132. The Kier molecular flexibility index (Phi) is 11.2. The number of hydrogen-bond acceptors (Lipinski definition) is 3. The van der Waals surface area contributed by atoms with Crippen molar-refractivity contribution in [3.05, 3.63) is 0 Å². The molecule has 0 aliphatic heterocycles. The fourth-order valence-corrected chi connectivity index (χ4v) is 2.33. The molecule has 0 N–H and O–H groups in total. The normalized spacial score (nSPS) is 11.5. The molecule has 0 bridgehead atoms. The lowest BCUT2D eigenvalue weighted by molar-refractivity contribution is 0.186. The van der Waals surface area contributed by atoms with E-state index in [9.17, 15) is 0 Å². The molecular formula is C11H27AlN2O. The molecule has 3 nitrogen and oxygen atoms in total. The Labute approximate surface area is 103 Å². The van der Waals surface area contributed by atoms with Crippen molar-refractivity contribution < 1.29 is 4.74 Å². The summed E-state index contributed by atoms with van der Waals surface area (Å²) in [5.41, 5.74) is 0. The van der Waals surface area contributed by atoms with Crippen LogP contribution in [0.4, 0.5) is 0 Å². The summed E-state index contributed by atoms with van der Waals surface area (Å²) in [7, 11) is 1.78. The number of hydrogen-bond donors (Lipinski definition) is 0. The van der Waals surface area contributed by atoms with Crippen LogP contribution in [0.3, 0.4) is 0 Å². The summed E-state index contributed by atoms with van der Waals surface area (Å²) in [6.07, 6.45) is 2.48. The van der Waals surface area contributed by atoms with Gasteiger partial charge in [-0.3, -0.25) is 0 Å². The quantitative estimate of drug-likeness (QED) is 0.404. The summed E-state index contributed by atoms with van der Waals surface area (Å²) in [6, 6.07) is 0. The second-order valence-electron chi connectivity index (χ2n) is 4.03. The average molecular weight is 230 g/mol. The number of ether oxygens (including phenoxy) is 1. The first-order valence-electron chi connectivity index (χ1n) is 6.14. The molecule has 0 aliphatic carbocycles. The van der Waals surface area contributed by atoms with Crippen LogP contribution in [0.15, 0.2) is 0 Å². The van der Waals surface area contributed by atoms with Crippen LogP contribution in [0.2, 0.25) is 0 Å². The minimum atomic E-state index is 0.898. The van der Waals surface area contributed by atoms with Crippen LogP contribution in [-0.2, 0) is 4.74 Å². The first kappa shape index (κ1) is 15.4. The molecule has 0 amide bonds. The minimum absolute atomic E-state index is 0.898. The predicted molar refractivity (Wildman–Crippen MR) is 69.0 cm³/mol. The second kappa shape index (κ2) is 10.9. The second-order valence-corrected chi connectivity index (χ2v) is 5.29. The molecule has 0 unspecified atom stereocenters. The van der Waals surface area contributed by atoms with Crippen molar-refractivity contribution >= 4 is 16.5 Å². The molecular weight excluding hydrogens is 203 g/mol. The van der Waals surface area contributed by atoms with E-state index in [1.807, 2.05) is 0 Å². The lowest BCUT2D eigenvalue weighted by atomic mass is 10.3. The zero-order chi connectivity index (χ0) is 11.5. The van der Waals surface area contributed by atoms with Gasteiger partial charge in [0.15, 0.2) is 0 Å². The molecule has 0 rings (SSSR count). The van der Waals surface area contributed by atoms with Gasteiger partial charge in [0, 0.05) is 13.7 Å². The van der Waals surface area contributed by atoms with Crippen LogP contribution in [0.5, 0.6) is 0 Å². The highest BCUT2D eigenvalue weighted by molar-refractivity contribution is 6.04. The molecule has 4 heteroatoms. The van der Waals surface area contributed by atoms with Crippen LogP contribution in [0.25, 0.3) is 0 Å². The van der Waals surface area contributed by atoms with E-state index in [4.69, 9.17) is 4.74 Å². The molecule has 0 heterocycles. The van der Waals surface area contributed by atoms with Crippen molar-refractivity contribution in [1.29, 1.82) is 0 Å². The first-order valence-corrected chi connectivity index (χ1v) is 7.03. The minimum Gasteiger partial charge on any atom is -0.390 e. The molecule has 0 saturated heterocycles. The molecule has 15 heavy (non-hydrogen) atoms. The van der Waals surface area contributed by atoms with Crippen molar-refractivity contribution in [3.8, 4) is 0 Å². The standard InChI is InChI=1S/C11H25N2O.Al.2H/c1-4-13(5-2)10-6-8-12-9-7-11-14-3;;;/h4-11H2,1-3H3;;;/q-1;+1;;. The Morgan fingerprint density at radius 1 is 1.00 bits per heavy atom. The summed E-state index contributed by atoms with van der Waals surface area (Å²) in [5.74, 6) is 0. The van der Waals surface area contributed by atoms with Crippen LogP contribution >= 0.6 is 0 Å². The van der Waals surface area contributed by atoms with Gasteiger partial charge in [-0.1, -0.05) is 13.8 Å². The van der Waals surface area contributed by atoms with Crippen LogP contribution in [0.1, 0.15) is 26.7 Å². The summed E-state index contributed by atoms with van der Waals surface area (Å²) in [6.45, 7) is 11.4. The van der Waals surface area contributed by atoms with E-state index < -0.39 is 0 Å². The largest absolute Gasteiger partial charge is 0.390 e. The zero-order valence-corrected chi connectivity index (χ0v) is 13.0. The maximum atomic E-state index is 5.05. The highest BCUT2D eigenvalue weighted by atomic mass is 27.1. The van der Waals surface area contributed by atoms with Gasteiger partial charge in [-0.05, 0) is 45.6 Å². The van der Waals surface area contributed by atoms with Gasteiger partial charge in [0.2, 0.25) is 0 Å². The summed E-state index contributed by atoms with van der Waals surface area (Å²) in [4.78, 5) is 2.49. The maximum absolute atomic E-state index is 5.05. The summed E-state index contributed by atoms with van der Waals surface area (Å²) < 4.78 is 7.58. The molecule has 0 aromatic heterocycles. The molecule has 0 atom stereocenters. The fourth-order valence-electron chi connectivity index (χ4n) is 1.69. The van der Waals surface area contributed by atoms with E-state index in [0.717, 1.165) is 6.61 Å². The van der Waals surface area contributed by atoms with Gasteiger partial charge in [-0.2, -0.15) is 0 Å². The van der Waals surface area contributed by atoms with E-state index in [-0.39, 0.29) is 0 Å². The molecule has 0 aromatic rings. The highest BCUT2D eigenvalue weighted by Crippen LogP contribution is 1.94. The molecule has 90 valence electrons. The Morgan fingerprint density at radius 2 is 1.60 bits per heavy atom. The van der Waals surface area contributed by atoms with Crippen molar-refractivity contribution in [2.45, 2.75) is 26.7 Å². The SMILES string of the molecule is CCN(CC)CCC[N]([AlH2])CCCOC.